The average Bonchev–Trinajstić information content (AvgIpc) is 2.35. The molecule has 0 bridgehead atoms. The summed E-state index contributed by atoms with van der Waals surface area (Å²) in [4.78, 5) is 22.8. The highest BCUT2D eigenvalue weighted by molar-refractivity contribution is 5.94. The molecule has 0 spiro atoms. The first-order chi connectivity index (χ1) is 8.52. The number of carbonyl (C=O) groups is 2. The van der Waals surface area contributed by atoms with Gasteiger partial charge < -0.3 is 16.0 Å². The SMILES string of the molecule is CNC(=O)NCc1cccc(C(=O)NC(C)C)c1. The van der Waals surface area contributed by atoms with Crippen LogP contribution in [0.1, 0.15) is 29.8 Å². The maximum atomic E-state index is 11.8. The first-order valence-electron chi connectivity index (χ1n) is 5.88. The molecule has 0 aliphatic carbocycles. The van der Waals surface area contributed by atoms with Crippen molar-refractivity contribution in [1.29, 1.82) is 0 Å². The molecule has 0 fully saturated rings. The molecule has 3 amide bonds. The average molecular weight is 249 g/mol. The summed E-state index contributed by atoms with van der Waals surface area (Å²) in [6.07, 6.45) is 0. The number of hydrogen-bond donors (Lipinski definition) is 3. The summed E-state index contributed by atoms with van der Waals surface area (Å²) in [7, 11) is 1.56. The van der Waals surface area contributed by atoms with Crippen LogP contribution in [0.25, 0.3) is 0 Å². The van der Waals surface area contributed by atoms with Crippen LogP contribution >= 0.6 is 0 Å². The van der Waals surface area contributed by atoms with E-state index in [9.17, 15) is 9.59 Å². The Labute approximate surface area is 107 Å². The summed E-state index contributed by atoms with van der Waals surface area (Å²) in [6, 6.07) is 7.05. The molecule has 0 saturated heterocycles. The second kappa shape index (κ2) is 6.64. The van der Waals surface area contributed by atoms with Gasteiger partial charge in [0.15, 0.2) is 0 Å². The third-order valence-corrected chi connectivity index (χ3v) is 2.29. The minimum Gasteiger partial charge on any atom is -0.350 e. The molecule has 0 saturated carbocycles. The Hall–Kier alpha value is -2.04. The molecular weight excluding hydrogens is 230 g/mol. The summed E-state index contributed by atoms with van der Waals surface area (Å²) < 4.78 is 0. The second-order valence-corrected chi connectivity index (χ2v) is 4.26. The Morgan fingerprint density at radius 3 is 2.61 bits per heavy atom. The van der Waals surface area contributed by atoms with E-state index in [1.807, 2.05) is 19.9 Å². The normalized spacial score (nSPS) is 10.0. The zero-order valence-corrected chi connectivity index (χ0v) is 10.9. The van der Waals surface area contributed by atoms with Crippen LogP contribution < -0.4 is 16.0 Å². The third-order valence-electron chi connectivity index (χ3n) is 2.29. The molecule has 3 N–H and O–H groups in total. The van der Waals surface area contributed by atoms with Gasteiger partial charge in [0.2, 0.25) is 0 Å². The van der Waals surface area contributed by atoms with E-state index in [0.29, 0.717) is 12.1 Å². The van der Waals surface area contributed by atoms with Gasteiger partial charge in [-0.2, -0.15) is 0 Å². The number of benzene rings is 1. The van der Waals surface area contributed by atoms with E-state index in [2.05, 4.69) is 16.0 Å². The van der Waals surface area contributed by atoms with E-state index < -0.39 is 0 Å². The maximum absolute atomic E-state index is 11.8. The lowest BCUT2D eigenvalue weighted by molar-refractivity contribution is 0.0943. The molecule has 0 aromatic heterocycles. The highest BCUT2D eigenvalue weighted by Crippen LogP contribution is 2.05. The fourth-order valence-electron chi connectivity index (χ4n) is 1.44. The monoisotopic (exact) mass is 249 g/mol. The molecule has 5 heteroatoms. The lowest BCUT2D eigenvalue weighted by Gasteiger charge is -2.10. The van der Waals surface area contributed by atoms with E-state index in [4.69, 9.17) is 0 Å². The van der Waals surface area contributed by atoms with E-state index in [1.54, 1.807) is 25.2 Å². The quantitative estimate of drug-likeness (QED) is 0.751. The van der Waals surface area contributed by atoms with Crippen molar-refractivity contribution in [3.05, 3.63) is 35.4 Å². The molecule has 5 nitrogen and oxygen atoms in total. The molecule has 0 radical (unpaired) electrons. The van der Waals surface area contributed by atoms with Gasteiger partial charge >= 0.3 is 6.03 Å². The van der Waals surface area contributed by atoms with Crippen LogP contribution in [0.2, 0.25) is 0 Å². The fourth-order valence-corrected chi connectivity index (χ4v) is 1.44. The molecule has 1 rings (SSSR count). The lowest BCUT2D eigenvalue weighted by Crippen LogP contribution is -2.32. The van der Waals surface area contributed by atoms with Crippen molar-refractivity contribution in [3.63, 3.8) is 0 Å². The van der Waals surface area contributed by atoms with E-state index in [0.717, 1.165) is 5.56 Å². The summed E-state index contributed by atoms with van der Waals surface area (Å²) in [5.74, 6) is -0.105. The van der Waals surface area contributed by atoms with Crippen LogP contribution in [0.3, 0.4) is 0 Å². The predicted molar refractivity (Wildman–Crippen MR) is 70.3 cm³/mol. The van der Waals surface area contributed by atoms with Crippen molar-refractivity contribution < 1.29 is 9.59 Å². The summed E-state index contributed by atoms with van der Waals surface area (Å²) >= 11 is 0. The topological polar surface area (TPSA) is 70.2 Å². The highest BCUT2D eigenvalue weighted by atomic mass is 16.2. The van der Waals surface area contributed by atoms with E-state index in [1.165, 1.54) is 0 Å². The van der Waals surface area contributed by atoms with Crippen molar-refractivity contribution in [2.75, 3.05) is 7.05 Å². The first kappa shape index (κ1) is 14.0. The van der Waals surface area contributed by atoms with Crippen LogP contribution in [-0.2, 0) is 6.54 Å². The van der Waals surface area contributed by atoms with E-state index >= 15 is 0 Å². The minimum absolute atomic E-state index is 0.102. The zero-order chi connectivity index (χ0) is 13.5. The summed E-state index contributed by atoms with van der Waals surface area (Å²) in [5, 5.41) is 7.97. The highest BCUT2D eigenvalue weighted by Gasteiger charge is 2.07. The van der Waals surface area contributed by atoms with Crippen LogP contribution in [0.15, 0.2) is 24.3 Å². The maximum Gasteiger partial charge on any atom is 0.314 e. The zero-order valence-electron chi connectivity index (χ0n) is 10.9. The van der Waals surface area contributed by atoms with Crippen LogP contribution in [-0.4, -0.2) is 25.0 Å². The Balaban J connectivity index is 2.67. The fraction of sp³-hybridized carbons (Fsp3) is 0.385. The lowest BCUT2D eigenvalue weighted by atomic mass is 10.1. The van der Waals surface area contributed by atoms with Crippen molar-refractivity contribution in [3.8, 4) is 0 Å². The molecule has 0 heterocycles. The van der Waals surface area contributed by atoms with Crippen LogP contribution in [0.5, 0.6) is 0 Å². The number of carbonyl (C=O) groups excluding carboxylic acids is 2. The van der Waals surface area contributed by atoms with Gasteiger partial charge in [-0.15, -0.1) is 0 Å². The molecule has 18 heavy (non-hydrogen) atoms. The van der Waals surface area contributed by atoms with Gasteiger partial charge in [-0.25, -0.2) is 4.79 Å². The smallest absolute Gasteiger partial charge is 0.314 e. The van der Waals surface area contributed by atoms with Crippen LogP contribution in [0, 0.1) is 0 Å². The van der Waals surface area contributed by atoms with Crippen molar-refractivity contribution in [1.82, 2.24) is 16.0 Å². The Morgan fingerprint density at radius 1 is 1.28 bits per heavy atom. The number of amides is 3. The molecular formula is C13H19N3O2. The molecule has 1 aromatic rings. The molecule has 0 atom stereocenters. The van der Waals surface area contributed by atoms with Gasteiger partial charge in [-0.3, -0.25) is 4.79 Å². The van der Waals surface area contributed by atoms with E-state index in [-0.39, 0.29) is 18.0 Å². The van der Waals surface area contributed by atoms with Gasteiger partial charge in [-0.1, -0.05) is 12.1 Å². The number of rotatable bonds is 4. The number of nitrogens with one attached hydrogen (secondary N) is 3. The van der Waals surface area contributed by atoms with Crippen LogP contribution in [0.4, 0.5) is 4.79 Å². The summed E-state index contributed by atoms with van der Waals surface area (Å²) in [6.45, 7) is 4.21. The molecule has 0 aliphatic heterocycles. The molecule has 0 aliphatic rings. The van der Waals surface area contributed by atoms with Gasteiger partial charge in [0.1, 0.15) is 0 Å². The predicted octanol–water partition coefficient (Wildman–Crippen LogP) is 1.25. The Bertz CT molecular complexity index is 430. The Kier molecular flexibility index (Phi) is 5.17. The molecule has 1 aromatic carbocycles. The molecule has 98 valence electrons. The van der Waals surface area contributed by atoms with Gasteiger partial charge in [0, 0.05) is 25.2 Å². The van der Waals surface area contributed by atoms with Gasteiger partial charge in [0.25, 0.3) is 5.91 Å². The minimum atomic E-state index is -0.243. The van der Waals surface area contributed by atoms with Gasteiger partial charge in [-0.05, 0) is 31.5 Å². The Morgan fingerprint density at radius 2 is 2.00 bits per heavy atom. The second-order valence-electron chi connectivity index (χ2n) is 4.26. The largest absolute Gasteiger partial charge is 0.350 e. The number of urea groups is 1. The first-order valence-corrected chi connectivity index (χ1v) is 5.88. The standard InChI is InChI=1S/C13H19N3O2/c1-9(2)16-12(17)11-6-4-5-10(7-11)8-15-13(18)14-3/h4-7,9H,8H2,1-3H3,(H,16,17)(H2,14,15,18). The van der Waals surface area contributed by atoms with Crippen molar-refractivity contribution in [2.24, 2.45) is 0 Å². The molecule has 0 unspecified atom stereocenters. The van der Waals surface area contributed by atoms with Crippen molar-refractivity contribution >= 4 is 11.9 Å². The summed E-state index contributed by atoms with van der Waals surface area (Å²) in [5.41, 5.74) is 1.48. The van der Waals surface area contributed by atoms with Crippen molar-refractivity contribution in [2.45, 2.75) is 26.4 Å². The number of hydrogen-bond acceptors (Lipinski definition) is 2. The van der Waals surface area contributed by atoms with Gasteiger partial charge in [0.05, 0.1) is 0 Å². The third kappa shape index (κ3) is 4.45.